The summed E-state index contributed by atoms with van der Waals surface area (Å²) in [5.41, 5.74) is 0.814. The van der Waals surface area contributed by atoms with E-state index in [1.807, 2.05) is 42.5 Å². The summed E-state index contributed by atoms with van der Waals surface area (Å²) in [5, 5.41) is 17.1. The second-order valence-corrected chi connectivity index (χ2v) is 5.35. The van der Waals surface area contributed by atoms with Crippen LogP contribution in [0.5, 0.6) is 0 Å². The van der Waals surface area contributed by atoms with E-state index in [0.717, 1.165) is 29.3 Å². The quantitative estimate of drug-likeness (QED) is 0.803. The maximum Gasteiger partial charge on any atom is 0.319 e. The molecule has 2 aromatic rings. The molecule has 0 radical (unpaired) electrons. The van der Waals surface area contributed by atoms with Crippen LogP contribution in [-0.4, -0.2) is 23.8 Å². The molecule has 0 atom stereocenters. The van der Waals surface area contributed by atoms with Gasteiger partial charge in [-0.05, 0) is 30.2 Å². The van der Waals surface area contributed by atoms with Crippen LogP contribution in [0.1, 0.15) is 12.8 Å². The van der Waals surface area contributed by atoms with Crippen molar-refractivity contribution in [3.63, 3.8) is 0 Å². The van der Waals surface area contributed by atoms with Gasteiger partial charge >= 0.3 is 6.03 Å². The van der Waals surface area contributed by atoms with E-state index in [1.54, 1.807) is 0 Å². The van der Waals surface area contributed by atoms with E-state index in [1.165, 1.54) is 0 Å². The van der Waals surface area contributed by atoms with E-state index in [9.17, 15) is 9.90 Å². The molecule has 1 fully saturated rings. The maximum absolute atomic E-state index is 11.9. The van der Waals surface area contributed by atoms with Gasteiger partial charge in [0.05, 0.1) is 11.8 Å². The van der Waals surface area contributed by atoms with E-state index < -0.39 is 0 Å². The maximum atomic E-state index is 11.9. The van der Waals surface area contributed by atoms with Gasteiger partial charge in [0.1, 0.15) is 0 Å². The van der Waals surface area contributed by atoms with Crippen LogP contribution < -0.4 is 10.6 Å². The number of anilines is 1. The van der Waals surface area contributed by atoms with Gasteiger partial charge in [0.15, 0.2) is 0 Å². The number of carbonyl (C=O) groups excluding carboxylic acids is 1. The van der Waals surface area contributed by atoms with Gasteiger partial charge in [-0.1, -0.05) is 36.4 Å². The summed E-state index contributed by atoms with van der Waals surface area (Å²) >= 11 is 0. The first-order chi connectivity index (χ1) is 9.72. The van der Waals surface area contributed by atoms with Crippen molar-refractivity contribution in [3.05, 3.63) is 42.5 Å². The van der Waals surface area contributed by atoms with Crippen molar-refractivity contribution in [2.45, 2.75) is 18.9 Å². The summed E-state index contributed by atoms with van der Waals surface area (Å²) in [6.07, 6.45) is 1.39. The zero-order chi connectivity index (χ0) is 13.9. The molecule has 0 bridgehead atoms. The highest BCUT2D eigenvalue weighted by atomic mass is 16.3. The Bertz CT molecular complexity index is 615. The molecule has 0 saturated heterocycles. The van der Waals surface area contributed by atoms with Crippen LogP contribution in [-0.2, 0) is 0 Å². The summed E-state index contributed by atoms with van der Waals surface area (Å²) < 4.78 is 0. The van der Waals surface area contributed by atoms with Gasteiger partial charge in [0, 0.05) is 11.9 Å². The van der Waals surface area contributed by atoms with Gasteiger partial charge in [-0.15, -0.1) is 0 Å². The number of aliphatic hydroxyl groups excluding tert-OH is 1. The lowest BCUT2D eigenvalue weighted by atomic mass is 9.82. The van der Waals surface area contributed by atoms with Gasteiger partial charge in [-0.2, -0.15) is 0 Å². The third-order valence-corrected chi connectivity index (χ3v) is 3.80. The topological polar surface area (TPSA) is 61.4 Å². The SMILES string of the molecule is O=C(NCC1CC(O)C1)Nc1cccc2ccccc12. The molecule has 0 heterocycles. The Morgan fingerprint density at radius 1 is 1.15 bits per heavy atom. The molecule has 2 aromatic carbocycles. The number of nitrogens with one attached hydrogen (secondary N) is 2. The van der Waals surface area contributed by atoms with E-state index in [4.69, 9.17) is 0 Å². The fourth-order valence-corrected chi connectivity index (χ4v) is 2.61. The molecule has 1 aliphatic rings. The van der Waals surface area contributed by atoms with Gasteiger partial charge in [-0.3, -0.25) is 0 Å². The number of rotatable bonds is 3. The van der Waals surface area contributed by atoms with E-state index in [0.29, 0.717) is 12.5 Å². The molecule has 2 amide bonds. The van der Waals surface area contributed by atoms with E-state index in [2.05, 4.69) is 10.6 Å². The lowest BCUT2D eigenvalue weighted by molar-refractivity contribution is 0.0443. The minimum absolute atomic E-state index is 0.178. The van der Waals surface area contributed by atoms with Crippen LogP contribution in [0.4, 0.5) is 10.5 Å². The predicted molar refractivity (Wildman–Crippen MR) is 79.7 cm³/mol. The molecule has 20 heavy (non-hydrogen) atoms. The molecule has 4 heteroatoms. The van der Waals surface area contributed by atoms with Crippen molar-refractivity contribution in [2.24, 2.45) is 5.92 Å². The number of hydrogen-bond donors (Lipinski definition) is 3. The van der Waals surface area contributed by atoms with Crippen LogP contribution in [0.25, 0.3) is 10.8 Å². The third-order valence-electron chi connectivity index (χ3n) is 3.80. The molecule has 0 aliphatic heterocycles. The van der Waals surface area contributed by atoms with Gasteiger partial charge in [0.2, 0.25) is 0 Å². The third kappa shape index (κ3) is 2.75. The molecule has 0 aromatic heterocycles. The zero-order valence-electron chi connectivity index (χ0n) is 11.2. The minimum atomic E-state index is -0.192. The summed E-state index contributed by atoms with van der Waals surface area (Å²) in [6.45, 7) is 0.619. The van der Waals surface area contributed by atoms with Crippen molar-refractivity contribution in [1.29, 1.82) is 0 Å². The number of amides is 2. The molecule has 4 nitrogen and oxygen atoms in total. The Morgan fingerprint density at radius 2 is 1.90 bits per heavy atom. The highest BCUT2D eigenvalue weighted by Crippen LogP contribution is 2.26. The van der Waals surface area contributed by atoms with Gasteiger partial charge in [0.25, 0.3) is 0 Å². The second kappa shape index (κ2) is 5.51. The van der Waals surface area contributed by atoms with Crippen molar-refractivity contribution in [3.8, 4) is 0 Å². The smallest absolute Gasteiger partial charge is 0.319 e. The molecular formula is C16H18N2O2. The highest BCUT2D eigenvalue weighted by molar-refractivity contribution is 6.01. The number of aliphatic hydroxyl groups is 1. The Labute approximate surface area is 117 Å². The van der Waals surface area contributed by atoms with Crippen LogP contribution >= 0.6 is 0 Å². The monoisotopic (exact) mass is 270 g/mol. The Kier molecular flexibility index (Phi) is 3.56. The number of fused-ring (bicyclic) bond motifs is 1. The van der Waals surface area contributed by atoms with Crippen LogP contribution in [0.2, 0.25) is 0 Å². The summed E-state index contributed by atoms with van der Waals surface area (Å²) in [6, 6.07) is 13.6. The van der Waals surface area contributed by atoms with Crippen molar-refractivity contribution in [1.82, 2.24) is 5.32 Å². The highest BCUT2D eigenvalue weighted by Gasteiger charge is 2.27. The molecule has 0 unspecified atom stereocenters. The molecule has 1 saturated carbocycles. The van der Waals surface area contributed by atoms with Gasteiger partial charge in [-0.25, -0.2) is 4.79 Å². The summed E-state index contributed by atoms with van der Waals surface area (Å²) in [7, 11) is 0. The Balaban J connectivity index is 1.62. The van der Waals surface area contributed by atoms with E-state index in [-0.39, 0.29) is 12.1 Å². The molecule has 3 rings (SSSR count). The standard InChI is InChI=1S/C16H18N2O2/c19-13-8-11(9-13)10-17-16(20)18-15-7-3-5-12-4-1-2-6-14(12)15/h1-7,11,13,19H,8-10H2,(H2,17,18,20). The van der Waals surface area contributed by atoms with Crippen LogP contribution in [0.3, 0.4) is 0 Å². The fraction of sp³-hybridized carbons (Fsp3) is 0.312. The summed E-state index contributed by atoms with van der Waals surface area (Å²) in [4.78, 5) is 11.9. The first kappa shape index (κ1) is 12.9. The van der Waals surface area contributed by atoms with Crippen molar-refractivity contribution in [2.75, 3.05) is 11.9 Å². The predicted octanol–water partition coefficient (Wildman–Crippen LogP) is 2.73. The van der Waals surface area contributed by atoms with E-state index >= 15 is 0 Å². The normalized spacial score (nSPS) is 21.2. The van der Waals surface area contributed by atoms with Crippen molar-refractivity contribution >= 4 is 22.5 Å². The van der Waals surface area contributed by atoms with Crippen LogP contribution in [0, 0.1) is 5.92 Å². The average molecular weight is 270 g/mol. The lowest BCUT2D eigenvalue weighted by Gasteiger charge is -2.31. The second-order valence-electron chi connectivity index (χ2n) is 5.35. The number of hydrogen-bond acceptors (Lipinski definition) is 2. The number of urea groups is 1. The molecular weight excluding hydrogens is 252 g/mol. The fourth-order valence-electron chi connectivity index (χ4n) is 2.61. The Hall–Kier alpha value is -2.07. The van der Waals surface area contributed by atoms with Crippen LogP contribution in [0.15, 0.2) is 42.5 Å². The zero-order valence-corrected chi connectivity index (χ0v) is 11.2. The Morgan fingerprint density at radius 3 is 2.70 bits per heavy atom. The molecule has 1 aliphatic carbocycles. The molecule has 3 N–H and O–H groups in total. The number of benzene rings is 2. The lowest BCUT2D eigenvalue weighted by Crippen LogP contribution is -2.40. The molecule has 0 spiro atoms. The summed E-state index contributed by atoms with van der Waals surface area (Å²) in [5.74, 6) is 0.406. The first-order valence-corrected chi connectivity index (χ1v) is 6.93. The average Bonchev–Trinajstić information content (AvgIpc) is 2.43. The number of carbonyl (C=O) groups is 1. The molecule has 104 valence electrons. The van der Waals surface area contributed by atoms with Gasteiger partial charge < -0.3 is 15.7 Å². The largest absolute Gasteiger partial charge is 0.393 e. The van der Waals surface area contributed by atoms with Crippen molar-refractivity contribution < 1.29 is 9.90 Å². The minimum Gasteiger partial charge on any atom is -0.393 e. The first-order valence-electron chi connectivity index (χ1n) is 6.93.